The molecule has 172 valence electrons. The Labute approximate surface area is 195 Å². The van der Waals surface area contributed by atoms with E-state index in [0.717, 1.165) is 12.0 Å². The van der Waals surface area contributed by atoms with Crippen LogP contribution in [0.15, 0.2) is 84.9 Å². The van der Waals surface area contributed by atoms with Crippen LogP contribution < -0.4 is 4.74 Å². The Balaban J connectivity index is 1.58. The van der Waals surface area contributed by atoms with Crippen molar-refractivity contribution in [2.75, 3.05) is 19.7 Å². The molecule has 0 radical (unpaired) electrons. The molecule has 0 spiro atoms. The number of aliphatic hydroxyl groups is 1. The van der Waals surface area contributed by atoms with Crippen LogP contribution >= 0.6 is 0 Å². The van der Waals surface area contributed by atoms with Gasteiger partial charge < -0.3 is 14.7 Å². The summed E-state index contributed by atoms with van der Waals surface area (Å²) in [5, 5.41) is 10.6. The standard InChI is InChI=1S/C28H31NO4/c1-2-19-29(28(32)23-13-7-4-8-14-23)20-24(30)21-33-27-16-10-9-15-25(27)26(31)18-17-22-11-5-3-6-12-22/h3-16,24,30H,2,17-21H2,1H3. The van der Waals surface area contributed by atoms with E-state index >= 15 is 0 Å². The third-order valence-corrected chi connectivity index (χ3v) is 5.33. The summed E-state index contributed by atoms with van der Waals surface area (Å²) in [4.78, 5) is 27.2. The van der Waals surface area contributed by atoms with Crippen molar-refractivity contribution in [2.24, 2.45) is 0 Å². The Morgan fingerprint density at radius 3 is 2.24 bits per heavy atom. The van der Waals surface area contributed by atoms with Crippen LogP contribution in [0.3, 0.4) is 0 Å². The van der Waals surface area contributed by atoms with Crippen LogP contribution in [0, 0.1) is 0 Å². The normalized spacial score (nSPS) is 11.6. The number of carbonyl (C=O) groups excluding carboxylic acids is 2. The number of ether oxygens (including phenoxy) is 1. The van der Waals surface area contributed by atoms with E-state index in [0.29, 0.717) is 36.3 Å². The highest BCUT2D eigenvalue weighted by atomic mass is 16.5. The minimum absolute atomic E-state index is 0.00388. The molecule has 3 aromatic carbocycles. The lowest BCUT2D eigenvalue weighted by Crippen LogP contribution is -2.40. The Kier molecular flexibility index (Phi) is 9.21. The third kappa shape index (κ3) is 7.29. The van der Waals surface area contributed by atoms with E-state index < -0.39 is 6.10 Å². The summed E-state index contributed by atoms with van der Waals surface area (Å²) in [7, 11) is 0. The van der Waals surface area contributed by atoms with Gasteiger partial charge in [-0.05, 0) is 42.7 Å². The molecule has 3 rings (SSSR count). The zero-order valence-electron chi connectivity index (χ0n) is 19.0. The number of hydrogen-bond acceptors (Lipinski definition) is 4. The van der Waals surface area contributed by atoms with Gasteiger partial charge in [-0.25, -0.2) is 0 Å². The molecule has 5 heteroatoms. The molecule has 3 aromatic rings. The third-order valence-electron chi connectivity index (χ3n) is 5.33. The molecule has 0 heterocycles. The second-order valence-corrected chi connectivity index (χ2v) is 7.99. The van der Waals surface area contributed by atoms with E-state index in [1.54, 1.807) is 41.3 Å². The molecule has 5 nitrogen and oxygen atoms in total. The molecule has 1 unspecified atom stereocenters. The molecule has 1 amide bonds. The molecule has 0 aliphatic rings. The maximum Gasteiger partial charge on any atom is 0.253 e. The van der Waals surface area contributed by atoms with Crippen molar-refractivity contribution in [2.45, 2.75) is 32.3 Å². The van der Waals surface area contributed by atoms with Crippen LogP contribution in [-0.4, -0.2) is 47.5 Å². The first-order chi connectivity index (χ1) is 16.1. The largest absolute Gasteiger partial charge is 0.490 e. The van der Waals surface area contributed by atoms with Gasteiger partial charge in [0.25, 0.3) is 5.91 Å². The second-order valence-electron chi connectivity index (χ2n) is 7.99. The van der Waals surface area contributed by atoms with Gasteiger partial charge >= 0.3 is 0 Å². The predicted molar refractivity (Wildman–Crippen MR) is 130 cm³/mol. The topological polar surface area (TPSA) is 66.8 Å². The number of ketones is 1. The number of para-hydroxylation sites is 1. The summed E-state index contributed by atoms with van der Waals surface area (Å²) in [5.74, 6) is 0.329. The maximum absolute atomic E-state index is 12.8. The smallest absolute Gasteiger partial charge is 0.253 e. The molecular formula is C28H31NO4. The highest BCUT2D eigenvalue weighted by Crippen LogP contribution is 2.21. The average Bonchev–Trinajstić information content (AvgIpc) is 2.86. The SMILES string of the molecule is CCCN(CC(O)COc1ccccc1C(=O)CCc1ccccc1)C(=O)c1ccccc1. The van der Waals surface area contributed by atoms with Crippen LogP contribution in [-0.2, 0) is 6.42 Å². The second kappa shape index (κ2) is 12.6. The van der Waals surface area contributed by atoms with E-state index in [2.05, 4.69) is 0 Å². The number of Topliss-reactive ketones (excluding diaryl/α,β-unsaturated/α-hetero) is 1. The van der Waals surface area contributed by atoms with Gasteiger partial charge in [0, 0.05) is 18.5 Å². The molecule has 1 N–H and O–H groups in total. The first-order valence-corrected chi connectivity index (χ1v) is 11.4. The Morgan fingerprint density at radius 1 is 0.909 bits per heavy atom. The molecular weight excluding hydrogens is 414 g/mol. The number of carbonyl (C=O) groups is 2. The fourth-order valence-electron chi connectivity index (χ4n) is 3.66. The van der Waals surface area contributed by atoms with E-state index in [4.69, 9.17) is 4.74 Å². The highest BCUT2D eigenvalue weighted by molar-refractivity contribution is 5.98. The van der Waals surface area contributed by atoms with Crippen molar-refractivity contribution < 1.29 is 19.4 Å². The Hall–Kier alpha value is -3.44. The molecule has 33 heavy (non-hydrogen) atoms. The zero-order valence-corrected chi connectivity index (χ0v) is 19.0. The molecule has 0 aromatic heterocycles. The Bertz CT molecular complexity index is 1020. The summed E-state index contributed by atoms with van der Waals surface area (Å²) in [6.07, 6.45) is 0.939. The fourth-order valence-corrected chi connectivity index (χ4v) is 3.66. The van der Waals surface area contributed by atoms with Gasteiger partial charge in [0.15, 0.2) is 5.78 Å². The van der Waals surface area contributed by atoms with Crippen LogP contribution in [0.5, 0.6) is 5.75 Å². The number of hydrogen-bond donors (Lipinski definition) is 1. The van der Waals surface area contributed by atoms with Gasteiger partial charge in [-0.1, -0.05) is 67.6 Å². The van der Waals surface area contributed by atoms with Crippen molar-refractivity contribution in [3.05, 3.63) is 102 Å². The average molecular weight is 446 g/mol. The molecule has 0 saturated heterocycles. The lowest BCUT2D eigenvalue weighted by Gasteiger charge is -2.25. The number of benzene rings is 3. The monoisotopic (exact) mass is 445 g/mol. The van der Waals surface area contributed by atoms with Crippen molar-refractivity contribution in [1.82, 2.24) is 4.90 Å². The summed E-state index contributed by atoms with van der Waals surface area (Å²) in [6, 6.07) is 26.0. The number of rotatable bonds is 12. The number of amides is 1. The van der Waals surface area contributed by atoms with E-state index in [9.17, 15) is 14.7 Å². The minimum atomic E-state index is -0.878. The summed E-state index contributed by atoms with van der Waals surface area (Å²) in [6.45, 7) is 2.68. The lowest BCUT2D eigenvalue weighted by atomic mass is 10.0. The van der Waals surface area contributed by atoms with Crippen molar-refractivity contribution in [3.8, 4) is 5.75 Å². The Morgan fingerprint density at radius 2 is 1.55 bits per heavy atom. The molecule has 0 fully saturated rings. The van der Waals surface area contributed by atoms with Gasteiger partial charge in [-0.2, -0.15) is 0 Å². The molecule has 0 saturated carbocycles. The van der Waals surface area contributed by atoms with Gasteiger partial charge in [-0.15, -0.1) is 0 Å². The summed E-state index contributed by atoms with van der Waals surface area (Å²) >= 11 is 0. The fraction of sp³-hybridized carbons (Fsp3) is 0.286. The maximum atomic E-state index is 12.8. The van der Waals surface area contributed by atoms with Crippen molar-refractivity contribution in [3.63, 3.8) is 0 Å². The minimum Gasteiger partial charge on any atom is -0.490 e. The molecule has 0 aliphatic heterocycles. The van der Waals surface area contributed by atoms with E-state index in [1.807, 2.05) is 55.5 Å². The van der Waals surface area contributed by atoms with Crippen molar-refractivity contribution >= 4 is 11.7 Å². The lowest BCUT2D eigenvalue weighted by molar-refractivity contribution is 0.0500. The first kappa shape index (κ1) is 24.2. The van der Waals surface area contributed by atoms with Crippen LogP contribution in [0.1, 0.15) is 46.0 Å². The highest BCUT2D eigenvalue weighted by Gasteiger charge is 2.20. The van der Waals surface area contributed by atoms with Crippen LogP contribution in [0.2, 0.25) is 0 Å². The van der Waals surface area contributed by atoms with Gasteiger partial charge in [-0.3, -0.25) is 9.59 Å². The number of aryl methyl sites for hydroxylation is 1. The first-order valence-electron chi connectivity index (χ1n) is 11.4. The quantitative estimate of drug-likeness (QED) is 0.407. The predicted octanol–water partition coefficient (Wildman–Crippen LogP) is 4.79. The molecule has 1 atom stereocenters. The van der Waals surface area contributed by atoms with Gasteiger partial charge in [0.05, 0.1) is 12.1 Å². The van der Waals surface area contributed by atoms with Gasteiger partial charge in [0.2, 0.25) is 0 Å². The zero-order chi connectivity index (χ0) is 23.5. The van der Waals surface area contributed by atoms with E-state index in [-0.39, 0.29) is 24.8 Å². The molecule has 0 aliphatic carbocycles. The summed E-state index contributed by atoms with van der Waals surface area (Å²) < 4.78 is 5.83. The molecule has 0 bridgehead atoms. The number of nitrogens with zero attached hydrogens (tertiary/aromatic N) is 1. The number of aliphatic hydroxyl groups excluding tert-OH is 1. The van der Waals surface area contributed by atoms with E-state index in [1.165, 1.54) is 0 Å². The summed E-state index contributed by atoms with van der Waals surface area (Å²) in [5.41, 5.74) is 2.21. The van der Waals surface area contributed by atoms with Gasteiger partial charge in [0.1, 0.15) is 18.5 Å². The van der Waals surface area contributed by atoms with Crippen LogP contribution in [0.25, 0.3) is 0 Å². The van der Waals surface area contributed by atoms with Crippen molar-refractivity contribution in [1.29, 1.82) is 0 Å². The van der Waals surface area contributed by atoms with Crippen LogP contribution in [0.4, 0.5) is 0 Å².